The van der Waals surface area contributed by atoms with E-state index in [1.165, 1.54) is 24.4 Å². The summed E-state index contributed by atoms with van der Waals surface area (Å²) in [6, 6.07) is 7.74. The van der Waals surface area contributed by atoms with Crippen molar-refractivity contribution < 1.29 is 9.59 Å². The van der Waals surface area contributed by atoms with Gasteiger partial charge in [0.1, 0.15) is 0 Å². The van der Waals surface area contributed by atoms with E-state index < -0.39 is 6.03 Å². The Kier molecular flexibility index (Phi) is 6.43. The van der Waals surface area contributed by atoms with Crippen molar-refractivity contribution in [3.05, 3.63) is 42.2 Å². The van der Waals surface area contributed by atoms with E-state index in [1.807, 2.05) is 22.9 Å². The molecular formula is C17H22N4O2S. The number of thioether (sulfide) groups is 1. The van der Waals surface area contributed by atoms with Gasteiger partial charge < -0.3 is 5.32 Å². The summed E-state index contributed by atoms with van der Waals surface area (Å²) in [6.45, 7) is 4.32. The number of nitrogens with one attached hydrogen (secondary N) is 2. The first kappa shape index (κ1) is 18.1. The van der Waals surface area contributed by atoms with E-state index in [4.69, 9.17) is 0 Å². The Bertz CT molecular complexity index is 712. The van der Waals surface area contributed by atoms with E-state index >= 15 is 0 Å². The lowest BCUT2D eigenvalue weighted by molar-refractivity contribution is -0.119. The van der Waals surface area contributed by atoms with Crippen LogP contribution in [0.15, 0.2) is 41.8 Å². The molecule has 1 aromatic heterocycles. The molecule has 2 aromatic rings. The normalized spacial score (nSPS) is 10.7. The molecule has 1 aromatic carbocycles. The Balaban J connectivity index is 2.04. The van der Waals surface area contributed by atoms with Gasteiger partial charge in [-0.15, -0.1) is 0 Å². The first-order chi connectivity index (χ1) is 11.5. The van der Waals surface area contributed by atoms with Crippen molar-refractivity contribution in [3.8, 4) is 5.69 Å². The van der Waals surface area contributed by atoms with E-state index in [-0.39, 0.29) is 12.3 Å². The number of imidazole rings is 1. The van der Waals surface area contributed by atoms with Crippen LogP contribution in [-0.4, -0.2) is 34.3 Å². The molecule has 2 rings (SSSR count). The van der Waals surface area contributed by atoms with Gasteiger partial charge in [0.15, 0.2) is 5.16 Å². The number of imide groups is 1. The lowest BCUT2D eigenvalue weighted by Crippen LogP contribution is -2.37. The zero-order chi connectivity index (χ0) is 17.5. The van der Waals surface area contributed by atoms with Crippen LogP contribution in [0.3, 0.4) is 0 Å². The second-order valence-corrected chi connectivity index (χ2v) is 6.58. The maximum absolute atomic E-state index is 11.6. The summed E-state index contributed by atoms with van der Waals surface area (Å²) in [5.41, 5.74) is 2.34. The topological polar surface area (TPSA) is 76.0 Å². The van der Waals surface area contributed by atoms with Gasteiger partial charge in [-0.3, -0.25) is 14.7 Å². The molecule has 0 bridgehead atoms. The molecule has 1 heterocycles. The molecule has 0 saturated heterocycles. The molecule has 0 aliphatic rings. The minimum absolute atomic E-state index is 0.247. The summed E-state index contributed by atoms with van der Waals surface area (Å²) in [6.07, 6.45) is 3.93. The van der Waals surface area contributed by atoms with Crippen LogP contribution in [0.5, 0.6) is 0 Å². The Morgan fingerprint density at radius 1 is 1.29 bits per heavy atom. The van der Waals surface area contributed by atoms with Crippen molar-refractivity contribution >= 4 is 23.7 Å². The number of carbonyl (C=O) groups is 2. The van der Waals surface area contributed by atoms with Crippen molar-refractivity contribution in [1.29, 1.82) is 0 Å². The first-order valence-electron chi connectivity index (χ1n) is 7.80. The van der Waals surface area contributed by atoms with Gasteiger partial charge in [0.05, 0.1) is 5.69 Å². The number of benzene rings is 1. The van der Waals surface area contributed by atoms with Gasteiger partial charge in [0, 0.05) is 31.6 Å². The zero-order valence-electron chi connectivity index (χ0n) is 14.1. The fraction of sp³-hybridized carbons (Fsp3) is 0.353. The van der Waals surface area contributed by atoms with Crippen molar-refractivity contribution in [2.75, 3.05) is 12.8 Å². The van der Waals surface area contributed by atoms with E-state index in [2.05, 4.69) is 41.6 Å². The highest BCUT2D eigenvalue weighted by molar-refractivity contribution is 7.99. The first-order valence-corrected chi connectivity index (χ1v) is 8.78. The largest absolute Gasteiger partial charge is 0.341 e. The molecule has 3 amide bonds. The SMILES string of the molecule is CNC(=O)NC(=O)CCSc1nccn1-c1ccccc1C(C)C. The number of rotatable bonds is 6. The van der Waals surface area contributed by atoms with E-state index in [0.29, 0.717) is 11.7 Å². The molecule has 0 spiro atoms. The fourth-order valence-corrected chi connectivity index (χ4v) is 3.17. The maximum Gasteiger partial charge on any atom is 0.321 e. The number of aromatic nitrogens is 2. The summed E-state index contributed by atoms with van der Waals surface area (Å²) in [7, 11) is 1.47. The fourth-order valence-electron chi connectivity index (χ4n) is 2.26. The van der Waals surface area contributed by atoms with Gasteiger partial charge in [-0.05, 0) is 17.5 Å². The monoisotopic (exact) mass is 346 g/mol. The standard InChI is InChI=1S/C17H22N4O2S/c1-12(2)13-6-4-5-7-14(13)21-10-9-19-17(21)24-11-8-15(22)20-16(23)18-3/h4-7,9-10,12H,8,11H2,1-3H3,(H2,18,20,22,23). The van der Waals surface area contributed by atoms with Crippen LogP contribution >= 0.6 is 11.8 Å². The third-order valence-electron chi connectivity index (χ3n) is 3.47. The van der Waals surface area contributed by atoms with Gasteiger partial charge in [0.2, 0.25) is 5.91 Å². The van der Waals surface area contributed by atoms with Gasteiger partial charge >= 0.3 is 6.03 Å². The van der Waals surface area contributed by atoms with Gasteiger partial charge in [-0.2, -0.15) is 0 Å². The predicted molar refractivity (Wildman–Crippen MR) is 95.6 cm³/mol. The van der Waals surface area contributed by atoms with Crippen molar-refractivity contribution in [1.82, 2.24) is 20.2 Å². The van der Waals surface area contributed by atoms with Crippen LogP contribution in [0.25, 0.3) is 5.69 Å². The molecule has 0 unspecified atom stereocenters. The molecule has 0 atom stereocenters. The quantitative estimate of drug-likeness (QED) is 0.789. The number of hydrogen-bond donors (Lipinski definition) is 2. The van der Waals surface area contributed by atoms with Crippen molar-refractivity contribution in [2.45, 2.75) is 31.3 Å². The molecule has 7 heteroatoms. The Morgan fingerprint density at radius 2 is 2.04 bits per heavy atom. The number of para-hydroxylation sites is 1. The third kappa shape index (κ3) is 4.61. The molecule has 0 aliphatic carbocycles. The summed E-state index contributed by atoms with van der Waals surface area (Å²) < 4.78 is 2.04. The summed E-state index contributed by atoms with van der Waals surface area (Å²) in [5.74, 6) is 0.645. The van der Waals surface area contributed by atoms with Crippen LogP contribution in [0.1, 0.15) is 31.7 Å². The molecular weight excluding hydrogens is 324 g/mol. The van der Waals surface area contributed by atoms with Crippen LogP contribution < -0.4 is 10.6 Å². The zero-order valence-corrected chi connectivity index (χ0v) is 14.9. The Hall–Kier alpha value is -2.28. The lowest BCUT2D eigenvalue weighted by Gasteiger charge is -2.15. The minimum atomic E-state index is -0.489. The highest BCUT2D eigenvalue weighted by Gasteiger charge is 2.12. The highest BCUT2D eigenvalue weighted by atomic mass is 32.2. The van der Waals surface area contributed by atoms with Crippen LogP contribution in [0.4, 0.5) is 4.79 Å². The predicted octanol–water partition coefficient (Wildman–Crippen LogP) is 2.93. The summed E-state index contributed by atoms with van der Waals surface area (Å²) in [5, 5.41) is 5.43. The van der Waals surface area contributed by atoms with Gasteiger partial charge in [-0.1, -0.05) is 43.8 Å². The van der Waals surface area contributed by atoms with E-state index in [1.54, 1.807) is 6.20 Å². The number of carbonyl (C=O) groups excluding carboxylic acids is 2. The minimum Gasteiger partial charge on any atom is -0.341 e. The Morgan fingerprint density at radius 3 is 2.75 bits per heavy atom. The highest BCUT2D eigenvalue weighted by Crippen LogP contribution is 2.27. The van der Waals surface area contributed by atoms with Gasteiger partial charge in [0.25, 0.3) is 0 Å². The van der Waals surface area contributed by atoms with E-state index in [0.717, 1.165) is 10.8 Å². The number of nitrogens with zero attached hydrogens (tertiary/aromatic N) is 2. The molecule has 2 N–H and O–H groups in total. The molecule has 24 heavy (non-hydrogen) atoms. The number of amides is 3. The second kappa shape index (κ2) is 8.54. The summed E-state index contributed by atoms with van der Waals surface area (Å²) >= 11 is 1.49. The maximum atomic E-state index is 11.6. The van der Waals surface area contributed by atoms with Crippen LogP contribution in [0, 0.1) is 0 Å². The summed E-state index contributed by atoms with van der Waals surface area (Å²) in [4.78, 5) is 27.1. The lowest BCUT2D eigenvalue weighted by atomic mass is 10.0. The smallest absolute Gasteiger partial charge is 0.321 e. The van der Waals surface area contributed by atoms with Gasteiger partial charge in [-0.25, -0.2) is 9.78 Å². The molecule has 0 radical (unpaired) electrons. The number of urea groups is 1. The third-order valence-corrected chi connectivity index (χ3v) is 4.43. The van der Waals surface area contributed by atoms with Crippen LogP contribution in [-0.2, 0) is 4.79 Å². The molecule has 0 saturated carbocycles. The molecule has 128 valence electrons. The average Bonchev–Trinajstić information content (AvgIpc) is 3.03. The molecule has 0 aliphatic heterocycles. The molecule has 6 nitrogen and oxygen atoms in total. The van der Waals surface area contributed by atoms with Crippen molar-refractivity contribution in [3.63, 3.8) is 0 Å². The Labute approximate surface area is 146 Å². The number of hydrogen-bond acceptors (Lipinski definition) is 4. The van der Waals surface area contributed by atoms with E-state index in [9.17, 15) is 9.59 Å². The second-order valence-electron chi connectivity index (χ2n) is 5.52. The molecule has 0 fully saturated rings. The average molecular weight is 346 g/mol. The van der Waals surface area contributed by atoms with Crippen molar-refractivity contribution in [2.24, 2.45) is 0 Å². The van der Waals surface area contributed by atoms with Crippen LogP contribution in [0.2, 0.25) is 0 Å².